The number of hydrogen-bond acceptors (Lipinski definition) is 5. The normalized spacial score (nSPS) is 11.4. The van der Waals surface area contributed by atoms with Gasteiger partial charge >= 0.3 is 6.18 Å². The van der Waals surface area contributed by atoms with Gasteiger partial charge in [0.2, 0.25) is 0 Å². The largest absolute Gasteiger partial charge is 0.497 e. The van der Waals surface area contributed by atoms with Crippen molar-refractivity contribution in [1.82, 2.24) is 4.90 Å². The first-order valence-corrected chi connectivity index (χ1v) is 12.3. The van der Waals surface area contributed by atoms with Gasteiger partial charge in [0, 0.05) is 24.8 Å². The fourth-order valence-corrected chi connectivity index (χ4v) is 4.23. The second-order valence-corrected chi connectivity index (χ2v) is 9.04. The zero-order chi connectivity index (χ0) is 27.5. The molecule has 10 heteroatoms. The topological polar surface area (TPSA) is 68.2 Å². The van der Waals surface area contributed by atoms with Crippen molar-refractivity contribution in [2.75, 3.05) is 26.8 Å². The fraction of sp³-hybridized carbons (Fsp3) is 0.321. The first-order chi connectivity index (χ1) is 18.2. The van der Waals surface area contributed by atoms with Crippen molar-refractivity contribution in [2.24, 2.45) is 5.18 Å². The highest BCUT2D eigenvalue weighted by Crippen LogP contribution is 2.36. The molecule has 202 valence electrons. The molecule has 3 aromatic rings. The van der Waals surface area contributed by atoms with E-state index in [2.05, 4.69) is 5.18 Å². The lowest BCUT2D eigenvalue weighted by Crippen LogP contribution is -2.28. The molecule has 0 unspecified atom stereocenters. The number of carbonyl (C=O) groups is 1. The summed E-state index contributed by atoms with van der Waals surface area (Å²) in [6.45, 7) is 1.74. The van der Waals surface area contributed by atoms with Crippen LogP contribution in [0.25, 0.3) is 0 Å². The van der Waals surface area contributed by atoms with E-state index in [4.69, 9.17) is 21.1 Å². The summed E-state index contributed by atoms with van der Waals surface area (Å²) >= 11 is 6.16. The second kappa shape index (κ2) is 13.9. The van der Waals surface area contributed by atoms with E-state index in [-0.39, 0.29) is 18.0 Å². The molecule has 0 aliphatic carbocycles. The minimum Gasteiger partial charge on any atom is -0.497 e. The minimum absolute atomic E-state index is 0.0996. The first-order valence-electron chi connectivity index (χ1n) is 12.0. The van der Waals surface area contributed by atoms with E-state index in [9.17, 15) is 22.9 Å². The first kappa shape index (κ1) is 29.1. The Labute approximate surface area is 224 Å². The summed E-state index contributed by atoms with van der Waals surface area (Å²) < 4.78 is 51.1. The number of rotatable bonds is 13. The number of nitroso groups, excluding NO2 is 1. The number of halogens is 4. The van der Waals surface area contributed by atoms with Crippen molar-refractivity contribution < 1.29 is 27.4 Å². The summed E-state index contributed by atoms with van der Waals surface area (Å²) in [7, 11) is 1.59. The van der Waals surface area contributed by atoms with Gasteiger partial charge < -0.3 is 9.47 Å². The van der Waals surface area contributed by atoms with Crippen LogP contribution in [0.15, 0.2) is 71.9 Å². The van der Waals surface area contributed by atoms with Crippen LogP contribution in [-0.4, -0.2) is 37.6 Å². The zero-order valence-electron chi connectivity index (χ0n) is 20.8. The van der Waals surface area contributed by atoms with E-state index in [1.807, 2.05) is 29.2 Å². The van der Waals surface area contributed by atoms with Crippen LogP contribution in [0.3, 0.4) is 0 Å². The molecule has 0 aromatic heterocycles. The maximum atomic E-state index is 13.4. The molecule has 0 bridgehead atoms. The molecule has 1 amide bonds. The summed E-state index contributed by atoms with van der Waals surface area (Å²) in [5, 5.41) is 2.11. The highest BCUT2D eigenvalue weighted by Gasteiger charge is 2.33. The van der Waals surface area contributed by atoms with Crippen molar-refractivity contribution in [2.45, 2.75) is 32.0 Å². The average Bonchev–Trinajstić information content (AvgIpc) is 2.90. The van der Waals surface area contributed by atoms with Gasteiger partial charge in [-0.3, -0.25) is 9.69 Å². The van der Waals surface area contributed by atoms with Gasteiger partial charge in [-0.15, -0.1) is 4.91 Å². The van der Waals surface area contributed by atoms with E-state index in [1.165, 1.54) is 6.07 Å². The lowest BCUT2D eigenvalue weighted by atomic mass is 10.1. The van der Waals surface area contributed by atoms with Crippen LogP contribution in [0, 0.1) is 4.91 Å². The Morgan fingerprint density at radius 3 is 2.39 bits per heavy atom. The quantitative estimate of drug-likeness (QED) is 0.175. The Hall–Kier alpha value is -3.43. The Bertz CT molecular complexity index is 1220. The van der Waals surface area contributed by atoms with Gasteiger partial charge in [0.15, 0.2) is 0 Å². The molecule has 3 rings (SSSR count). The molecule has 0 aliphatic heterocycles. The van der Waals surface area contributed by atoms with Gasteiger partial charge in [0.05, 0.1) is 30.7 Å². The molecule has 0 N–H and O–H groups in total. The van der Waals surface area contributed by atoms with Gasteiger partial charge in [-0.1, -0.05) is 48.0 Å². The predicted molar refractivity (Wildman–Crippen MR) is 139 cm³/mol. The van der Waals surface area contributed by atoms with E-state index in [0.717, 1.165) is 17.4 Å². The Morgan fingerprint density at radius 1 is 0.974 bits per heavy atom. The molecule has 0 spiro atoms. The molecule has 38 heavy (non-hydrogen) atoms. The van der Waals surface area contributed by atoms with Gasteiger partial charge in [-0.25, -0.2) is 0 Å². The number of ether oxygens (including phenoxy) is 2. The number of carbonyl (C=O) groups excluding carboxylic acids is 1. The summed E-state index contributed by atoms with van der Waals surface area (Å²) in [5.74, 6) is 0.532. The molecule has 6 nitrogen and oxygen atoms in total. The van der Waals surface area contributed by atoms with Crippen molar-refractivity contribution in [1.29, 1.82) is 0 Å². The summed E-state index contributed by atoms with van der Waals surface area (Å²) in [6, 6.07) is 18.4. The lowest BCUT2D eigenvalue weighted by molar-refractivity contribution is -0.137. The Morgan fingerprint density at radius 2 is 1.71 bits per heavy atom. The van der Waals surface area contributed by atoms with Crippen molar-refractivity contribution in [3.8, 4) is 11.5 Å². The van der Waals surface area contributed by atoms with Gasteiger partial charge in [-0.05, 0) is 59.9 Å². The molecule has 3 aromatic carbocycles. The third-order valence-electron chi connectivity index (χ3n) is 5.90. The van der Waals surface area contributed by atoms with Crippen molar-refractivity contribution >= 4 is 17.5 Å². The van der Waals surface area contributed by atoms with E-state index in [1.54, 1.807) is 37.4 Å². The van der Waals surface area contributed by atoms with Gasteiger partial charge in [-0.2, -0.15) is 13.2 Å². The maximum absolute atomic E-state index is 13.4. The van der Waals surface area contributed by atoms with Crippen LogP contribution in [0.1, 0.15) is 28.7 Å². The van der Waals surface area contributed by atoms with Crippen LogP contribution < -0.4 is 9.47 Å². The van der Waals surface area contributed by atoms with Crippen LogP contribution in [0.2, 0.25) is 5.02 Å². The number of benzene rings is 3. The fourth-order valence-electron chi connectivity index (χ4n) is 3.94. The molecular formula is C28H28ClF3N2O4. The SMILES string of the molecule is COc1ccc(CCN(CCCOc2cccc(CC(=O)N=O)c2)Cc2cccc(C(F)(F)F)c2Cl)cc1. The highest BCUT2D eigenvalue weighted by atomic mass is 35.5. The monoisotopic (exact) mass is 548 g/mol. The molecule has 0 fully saturated rings. The molecule has 0 saturated heterocycles. The number of nitrogens with zero attached hydrogens (tertiary/aromatic N) is 2. The predicted octanol–water partition coefficient (Wildman–Crippen LogP) is 6.72. The second-order valence-electron chi connectivity index (χ2n) is 8.66. The minimum atomic E-state index is -4.53. The molecule has 0 aliphatic rings. The number of amides is 1. The molecule has 0 heterocycles. The van der Waals surface area contributed by atoms with Crippen molar-refractivity contribution in [3.05, 3.63) is 98.9 Å². The zero-order valence-corrected chi connectivity index (χ0v) is 21.6. The molecule has 0 atom stereocenters. The Kier molecular flexibility index (Phi) is 10.7. The molecular weight excluding hydrogens is 521 g/mol. The third kappa shape index (κ3) is 8.85. The lowest BCUT2D eigenvalue weighted by Gasteiger charge is -2.24. The smallest absolute Gasteiger partial charge is 0.417 e. The highest BCUT2D eigenvalue weighted by molar-refractivity contribution is 6.32. The number of methoxy groups -OCH3 is 1. The van der Waals surface area contributed by atoms with Crippen LogP contribution in [-0.2, 0) is 30.4 Å². The summed E-state index contributed by atoms with van der Waals surface area (Å²) in [6.07, 6.45) is -3.35. The van der Waals surface area contributed by atoms with Gasteiger partial charge in [0.1, 0.15) is 11.5 Å². The van der Waals surface area contributed by atoms with Crippen LogP contribution >= 0.6 is 11.6 Å². The maximum Gasteiger partial charge on any atom is 0.417 e. The van der Waals surface area contributed by atoms with Gasteiger partial charge in [0.25, 0.3) is 5.91 Å². The van der Waals surface area contributed by atoms with Crippen LogP contribution in [0.5, 0.6) is 11.5 Å². The molecule has 0 saturated carbocycles. The average molecular weight is 549 g/mol. The third-order valence-corrected chi connectivity index (χ3v) is 6.34. The molecule has 0 radical (unpaired) electrons. The summed E-state index contributed by atoms with van der Waals surface area (Å²) in [4.78, 5) is 23.7. The van der Waals surface area contributed by atoms with Crippen molar-refractivity contribution in [3.63, 3.8) is 0 Å². The van der Waals surface area contributed by atoms with E-state index in [0.29, 0.717) is 49.4 Å². The number of alkyl halides is 3. The number of hydrogen-bond donors (Lipinski definition) is 0. The Balaban J connectivity index is 1.65. The standard InChI is InChI=1S/C28H28ClF3N2O4/c1-37-23-11-9-20(10-12-23)13-15-34(19-22-6-3-8-25(27(22)29)28(30,31)32)14-4-16-38-24-7-2-5-21(17-24)18-26(35)33-36/h2-3,5-12,17H,4,13-16,18-19H2,1H3. The van der Waals surface area contributed by atoms with Crippen LogP contribution in [0.4, 0.5) is 13.2 Å². The van der Waals surface area contributed by atoms with E-state index < -0.39 is 17.6 Å². The summed E-state index contributed by atoms with van der Waals surface area (Å²) in [5.41, 5.74) is 1.24. The van der Waals surface area contributed by atoms with E-state index >= 15 is 0 Å².